The molecule has 0 spiro atoms. The molecule has 0 unspecified atom stereocenters. The van der Waals surface area contributed by atoms with Gasteiger partial charge in [0.05, 0.1) is 16.5 Å². The summed E-state index contributed by atoms with van der Waals surface area (Å²) in [5, 5.41) is 20.3. The lowest BCUT2D eigenvalue weighted by molar-refractivity contribution is -0.117. The molecule has 1 atom stereocenters. The number of hydrogen-bond acceptors (Lipinski definition) is 7. The van der Waals surface area contributed by atoms with E-state index in [4.69, 9.17) is 0 Å². The van der Waals surface area contributed by atoms with Gasteiger partial charge in [0.15, 0.2) is 5.76 Å². The second kappa shape index (κ2) is 6.75. The monoisotopic (exact) mass is 447 g/mol. The number of hydrogen-bond donors (Lipinski definition) is 1. The van der Waals surface area contributed by atoms with Crippen molar-refractivity contribution in [2.24, 2.45) is 0 Å². The molecule has 0 fully saturated rings. The zero-order valence-corrected chi connectivity index (χ0v) is 16.2. The number of aromatic nitrogens is 2. The first kappa shape index (κ1) is 17.1. The number of rotatable bonds is 4. The lowest BCUT2D eigenvalue weighted by atomic mass is 9.96. The highest BCUT2D eigenvalue weighted by atomic mass is 79.9. The van der Waals surface area contributed by atoms with E-state index in [1.807, 2.05) is 18.2 Å². The predicted octanol–water partition coefficient (Wildman–Crippen LogP) is 4.15. The summed E-state index contributed by atoms with van der Waals surface area (Å²) >= 11 is 5.84. The van der Waals surface area contributed by atoms with Crippen molar-refractivity contribution in [3.05, 3.63) is 73.5 Å². The van der Waals surface area contributed by atoms with E-state index in [1.165, 1.54) is 21.7 Å². The highest BCUT2D eigenvalue weighted by Crippen LogP contribution is 2.42. The van der Waals surface area contributed by atoms with Crippen LogP contribution in [0.15, 0.2) is 63.1 Å². The predicted molar refractivity (Wildman–Crippen MR) is 103 cm³/mol. The normalized spacial score (nSPS) is 17.2. The summed E-state index contributed by atoms with van der Waals surface area (Å²) in [5.41, 5.74) is 2.23. The van der Waals surface area contributed by atoms with Crippen LogP contribution in [-0.2, 0) is 4.79 Å². The SMILES string of the molecule is O=C(C1=C(O)C(=O)N(c2nncs2)[C@H]1c1cccc(Br)c1)c1cccs1. The van der Waals surface area contributed by atoms with Gasteiger partial charge in [0.1, 0.15) is 5.51 Å². The van der Waals surface area contributed by atoms with E-state index in [1.54, 1.807) is 23.6 Å². The number of ketones is 1. The van der Waals surface area contributed by atoms with E-state index >= 15 is 0 Å². The van der Waals surface area contributed by atoms with Crippen LogP contribution in [0.5, 0.6) is 0 Å². The Balaban J connectivity index is 1.89. The molecule has 1 aromatic carbocycles. The molecular formula is C17H10BrN3O3S2. The molecule has 0 radical (unpaired) electrons. The quantitative estimate of drug-likeness (QED) is 0.607. The van der Waals surface area contributed by atoms with E-state index in [2.05, 4.69) is 26.1 Å². The van der Waals surface area contributed by atoms with Crippen molar-refractivity contribution < 1.29 is 14.7 Å². The Morgan fingerprint density at radius 1 is 1.23 bits per heavy atom. The van der Waals surface area contributed by atoms with Gasteiger partial charge in [-0.2, -0.15) is 0 Å². The molecule has 1 aliphatic heterocycles. The first-order chi connectivity index (χ1) is 12.6. The molecular weight excluding hydrogens is 438 g/mol. The second-order valence-corrected chi connectivity index (χ2v) is 8.10. The van der Waals surface area contributed by atoms with Crippen LogP contribution in [0.4, 0.5) is 5.13 Å². The van der Waals surface area contributed by atoms with Crippen LogP contribution in [-0.4, -0.2) is 27.0 Å². The number of carbonyl (C=O) groups excluding carboxylic acids is 2. The number of halogens is 1. The van der Waals surface area contributed by atoms with Crippen molar-refractivity contribution in [1.82, 2.24) is 10.2 Å². The van der Waals surface area contributed by atoms with Gasteiger partial charge in [-0.15, -0.1) is 21.5 Å². The van der Waals surface area contributed by atoms with Crippen LogP contribution in [0.25, 0.3) is 0 Å². The second-order valence-electron chi connectivity index (χ2n) is 5.42. The number of amides is 1. The summed E-state index contributed by atoms with van der Waals surface area (Å²) in [7, 11) is 0. The lowest BCUT2D eigenvalue weighted by Crippen LogP contribution is -2.31. The summed E-state index contributed by atoms with van der Waals surface area (Å²) in [6.45, 7) is 0. The molecule has 0 aliphatic carbocycles. The van der Waals surface area contributed by atoms with E-state index in [9.17, 15) is 14.7 Å². The molecule has 130 valence electrons. The largest absolute Gasteiger partial charge is 0.503 e. The van der Waals surface area contributed by atoms with Gasteiger partial charge in [-0.3, -0.25) is 14.5 Å². The third-order valence-electron chi connectivity index (χ3n) is 3.92. The summed E-state index contributed by atoms with van der Waals surface area (Å²) in [4.78, 5) is 27.5. The highest BCUT2D eigenvalue weighted by Gasteiger charge is 2.46. The van der Waals surface area contributed by atoms with Gasteiger partial charge in [0, 0.05) is 4.47 Å². The van der Waals surface area contributed by atoms with Crippen LogP contribution in [0.3, 0.4) is 0 Å². The van der Waals surface area contributed by atoms with Crippen LogP contribution in [0, 0.1) is 0 Å². The molecule has 26 heavy (non-hydrogen) atoms. The van der Waals surface area contributed by atoms with Crippen molar-refractivity contribution >= 4 is 55.4 Å². The molecule has 1 N–H and O–H groups in total. The minimum atomic E-state index is -0.775. The van der Waals surface area contributed by atoms with Crippen LogP contribution in [0.2, 0.25) is 0 Å². The average molecular weight is 448 g/mol. The first-order valence-electron chi connectivity index (χ1n) is 7.44. The van der Waals surface area contributed by atoms with Gasteiger partial charge in [-0.05, 0) is 29.1 Å². The number of anilines is 1. The fraction of sp³-hybridized carbons (Fsp3) is 0.0588. The minimum Gasteiger partial charge on any atom is -0.503 e. The van der Waals surface area contributed by atoms with Crippen molar-refractivity contribution in [3.63, 3.8) is 0 Å². The molecule has 0 saturated carbocycles. The topological polar surface area (TPSA) is 83.4 Å². The Morgan fingerprint density at radius 3 is 2.73 bits per heavy atom. The van der Waals surface area contributed by atoms with E-state index in [0.717, 1.165) is 15.8 Å². The maximum absolute atomic E-state index is 13.0. The Kier molecular flexibility index (Phi) is 4.43. The minimum absolute atomic E-state index is 0.0470. The lowest BCUT2D eigenvalue weighted by Gasteiger charge is -2.24. The number of benzene rings is 1. The third-order valence-corrected chi connectivity index (χ3v) is 5.97. The number of aliphatic hydroxyl groups excluding tert-OH is 1. The highest BCUT2D eigenvalue weighted by molar-refractivity contribution is 9.10. The average Bonchev–Trinajstić information content (AvgIpc) is 3.37. The van der Waals surface area contributed by atoms with Gasteiger partial charge in [0.25, 0.3) is 5.91 Å². The molecule has 0 bridgehead atoms. The van der Waals surface area contributed by atoms with E-state index in [0.29, 0.717) is 15.6 Å². The Labute approximate surface area is 164 Å². The summed E-state index contributed by atoms with van der Waals surface area (Å²) in [5.74, 6) is -1.59. The maximum atomic E-state index is 13.0. The Morgan fingerprint density at radius 2 is 2.08 bits per heavy atom. The smallest absolute Gasteiger partial charge is 0.296 e. The Bertz CT molecular complexity index is 1020. The molecule has 2 aromatic heterocycles. The molecule has 1 aliphatic rings. The maximum Gasteiger partial charge on any atom is 0.296 e. The van der Waals surface area contributed by atoms with E-state index < -0.39 is 17.7 Å². The zero-order chi connectivity index (χ0) is 18.3. The fourth-order valence-corrected chi connectivity index (χ4v) is 4.52. The van der Waals surface area contributed by atoms with Gasteiger partial charge in [0.2, 0.25) is 10.9 Å². The molecule has 9 heteroatoms. The molecule has 6 nitrogen and oxygen atoms in total. The van der Waals surface area contributed by atoms with Crippen molar-refractivity contribution in [2.75, 3.05) is 4.90 Å². The fourth-order valence-electron chi connectivity index (χ4n) is 2.84. The van der Waals surface area contributed by atoms with Crippen LogP contribution < -0.4 is 4.90 Å². The molecule has 0 saturated heterocycles. The number of thiophene rings is 1. The molecule has 1 amide bonds. The number of carbonyl (C=O) groups is 2. The van der Waals surface area contributed by atoms with Gasteiger partial charge >= 0.3 is 0 Å². The molecule has 3 aromatic rings. The standard InChI is InChI=1S/C17H10BrN3O3S2/c18-10-4-1-3-9(7-10)13-12(14(22)11-5-2-6-25-11)15(23)16(24)21(13)17-20-19-8-26-17/h1-8,13,23H/t13-/m0/s1. The summed E-state index contributed by atoms with van der Waals surface area (Å²) in [6.07, 6.45) is 0. The molecule has 4 rings (SSSR count). The van der Waals surface area contributed by atoms with Gasteiger partial charge in [-0.1, -0.05) is 45.5 Å². The summed E-state index contributed by atoms with van der Waals surface area (Å²) < 4.78 is 0.800. The number of nitrogens with zero attached hydrogens (tertiary/aromatic N) is 3. The van der Waals surface area contributed by atoms with Crippen LogP contribution in [0.1, 0.15) is 21.3 Å². The zero-order valence-electron chi connectivity index (χ0n) is 13.0. The van der Waals surface area contributed by atoms with Gasteiger partial charge < -0.3 is 5.11 Å². The third kappa shape index (κ3) is 2.77. The van der Waals surface area contributed by atoms with E-state index in [-0.39, 0.29) is 11.4 Å². The first-order valence-corrected chi connectivity index (χ1v) is 9.99. The molecule has 3 heterocycles. The van der Waals surface area contributed by atoms with Crippen molar-refractivity contribution in [1.29, 1.82) is 0 Å². The van der Waals surface area contributed by atoms with Crippen molar-refractivity contribution in [2.45, 2.75) is 6.04 Å². The number of aliphatic hydroxyl groups is 1. The van der Waals surface area contributed by atoms with Gasteiger partial charge in [-0.25, -0.2) is 0 Å². The number of Topliss-reactive ketones (excluding diaryl/α,β-unsaturated/α-hetero) is 1. The van der Waals surface area contributed by atoms with Crippen LogP contribution >= 0.6 is 38.6 Å². The summed E-state index contributed by atoms with van der Waals surface area (Å²) in [6, 6.07) is 9.92. The van der Waals surface area contributed by atoms with Crippen molar-refractivity contribution in [3.8, 4) is 0 Å². The Hall–Kier alpha value is -2.36.